The molecule has 2 N–H and O–H groups in total. The van der Waals surface area contributed by atoms with E-state index in [9.17, 15) is 19.2 Å². The summed E-state index contributed by atoms with van der Waals surface area (Å²) in [5.41, 5.74) is 0.813. The van der Waals surface area contributed by atoms with E-state index in [4.69, 9.17) is 9.52 Å². The summed E-state index contributed by atoms with van der Waals surface area (Å²) in [7, 11) is 0. The van der Waals surface area contributed by atoms with E-state index in [1.54, 1.807) is 48.5 Å². The van der Waals surface area contributed by atoms with Gasteiger partial charge in [-0.15, -0.1) is 0 Å². The number of carbonyl (C=O) groups excluding carboxylic acids is 3. The molecule has 3 aromatic rings. The van der Waals surface area contributed by atoms with Crippen molar-refractivity contribution in [3.8, 4) is 11.3 Å². The average Bonchev–Trinajstić information content (AvgIpc) is 3.21. The third-order valence-corrected chi connectivity index (χ3v) is 5.04. The van der Waals surface area contributed by atoms with Crippen molar-refractivity contribution in [3.05, 3.63) is 82.0 Å². The van der Waals surface area contributed by atoms with E-state index in [-0.39, 0.29) is 16.9 Å². The highest BCUT2D eigenvalue weighted by Gasteiger charge is 2.37. The Kier molecular flexibility index (Phi) is 5.26. The van der Waals surface area contributed by atoms with Gasteiger partial charge in [0, 0.05) is 10.0 Å². The molecule has 4 rings (SSSR count). The lowest BCUT2D eigenvalue weighted by molar-refractivity contribution is -0.122. The predicted octanol–water partition coefficient (Wildman–Crippen LogP) is 4.07. The van der Waals surface area contributed by atoms with Crippen molar-refractivity contribution in [2.75, 3.05) is 4.90 Å². The van der Waals surface area contributed by atoms with Crippen molar-refractivity contribution in [1.29, 1.82) is 0 Å². The lowest BCUT2D eigenvalue weighted by Gasteiger charge is -2.26. The summed E-state index contributed by atoms with van der Waals surface area (Å²) in [6, 6.07) is 14.9. The molecule has 1 fully saturated rings. The van der Waals surface area contributed by atoms with Crippen LogP contribution in [-0.2, 0) is 9.59 Å². The number of anilines is 1. The lowest BCUT2D eigenvalue weighted by Crippen LogP contribution is -2.54. The van der Waals surface area contributed by atoms with Gasteiger partial charge < -0.3 is 9.52 Å². The Hall–Kier alpha value is -3.98. The summed E-state index contributed by atoms with van der Waals surface area (Å²) in [5.74, 6) is -2.00. The number of rotatable bonds is 4. The van der Waals surface area contributed by atoms with Crippen LogP contribution in [0.3, 0.4) is 0 Å². The number of carboxylic acid groups (broad SMARTS) is 1. The second-order valence-electron chi connectivity index (χ2n) is 6.52. The first-order chi connectivity index (χ1) is 14.8. The summed E-state index contributed by atoms with van der Waals surface area (Å²) < 4.78 is 6.46. The number of urea groups is 1. The number of hydrogen-bond donors (Lipinski definition) is 2. The zero-order chi connectivity index (χ0) is 22.1. The third-order valence-electron chi connectivity index (χ3n) is 4.52. The SMILES string of the molecule is O=C1NC(=O)N(c2ccc(Br)cc2)C(=O)/C1=C\c1ccc(-c2ccc(C(=O)O)cc2)o1. The number of carboxylic acids is 1. The number of aromatic carboxylic acids is 1. The van der Waals surface area contributed by atoms with Crippen molar-refractivity contribution in [3.63, 3.8) is 0 Å². The number of barbiturate groups is 1. The Morgan fingerprint density at radius 2 is 1.65 bits per heavy atom. The zero-order valence-electron chi connectivity index (χ0n) is 15.7. The number of benzene rings is 2. The lowest BCUT2D eigenvalue weighted by atomic mass is 10.1. The molecule has 0 atom stereocenters. The van der Waals surface area contributed by atoms with Crippen molar-refractivity contribution >= 4 is 51.5 Å². The highest BCUT2D eigenvalue weighted by atomic mass is 79.9. The quantitative estimate of drug-likeness (QED) is 0.429. The minimum Gasteiger partial charge on any atom is -0.478 e. The number of amides is 4. The van der Waals surface area contributed by atoms with Crippen LogP contribution in [0.25, 0.3) is 17.4 Å². The Morgan fingerprint density at radius 3 is 2.29 bits per heavy atom. The van der Waals surface area contributed by atoms with Gasteiger partial charge in [-0.2, -0.15) is 0 Å². The molecule has 154 valence electrons. The molecule has 31 heavy (non-hydrogen) atoms. The first kappa shape index (κ1) is 20.3. The van der Waals surface area contributed by atoms with E-state index in [0.29, 0.717) is 17.0 Å². The Morgan fingerprint density at radius 1 is 0.968 bits per heavy atom. The van der Waals surface area contributed by atoms with Crippen LogP contribution < -0.4 is 10.2 Å². The number of carbonyl (C=O) groups is 4. The van der Waals surface area contributed by atoms with Gasteiger partial charge in [0.1, 0.15) is 17.1 Å². The Bertz CT molecular complexity index is 1240. The van der Waals surface area contributed by atoms with Gasteiger partial charge in [0.05, 0.1) is 11.3 Å². The minimum atomic E-state index is -1.04. The predicted molar refractivity (Wildman–Crippen MR) is 114 cm³/mol. The number of nitrogens with zero attached hydrogens (tertiary/aromatic N) is 1. The fourth-order valence-electron chi connectivity index (χ4n) is 2.99. The van der Waals surface area contributed by atoms with E-state index in [2.05, 4.69) is 21.2 Å². The second kappa shape index (κ2) is 8.04. The molecule has 9 heteroatoms. The monoisotopic (exact) mass is 480 g/mol. The molecule has 1 aromatic heterocycles. The van der Waals surface area contributed by atoms with Crippen LogP contribution in [0.2, 0.25) is 0 Å². The molecule has 0 unspecified atom stereocenters. The van der Waals surface area contributed by atoms with Gasteiger partial charge in [-0.25, -0.2) is 14.5 Å². The van der Waals surface area contributed by atoms with Crippen LogP contribution in [0.15, 0.2) is 75.1 Å². The maximum atomic E-state index is 12.9. The summed E-state index contributed by atoms with van der Waals surface area (Å²) >= 11 is 3.29. The van der Waals surface area contributed by atoms with Crippen LogP contribution in [0.5, 0.6) is 0 Å². The molecule has 0 aliphatic carbocycles. The van der Waals surface area contributed by atoms with Crippen molar-refractivity contribution in [1.82, 2.24) is 5.32 Å². The molecule has 0 spiro atoms. The largest absolute Gasteiger partial charge is 0.478 e. The first-order valence-electron chi connectivity index (χ1n) is 8.94. The van der Waals surface area contributed by atoms with Gasteiger partial charge in [-0.3, -0.25) is 14.9 Å². The summed E-state index contributed by atoms with van der Waals surface area (Å²) in [4.78, 5) is 49.2. The standard InChI is InChI=1S/C22H13BrN2O6/c23-14-5-7-15(8-6-14)25-20(27)17(19(26)24-22(25)30)11-16-9-10-18(31-16)12-1-3-13(4-2-12)21(28)29/h1-11H,(H,28,29)(H,24,26,30)/b17-11-. The minimum absolute atomic E-state index is 0.139. The molecule has 1 aliphatic rings. The van der Waals surface area contributed by atoms with Gasteiger partial charge in [0.25, 0.3) is 11.8 Å². The van der Waals surface area contributed by atoms with Gasteiger partial charge in [-0.05, 0) is 54.6 Å². The number of imide groups is 2. The van der Waals surface area contributed by atoms with Crippen LogP contribution >= 0.6 is 15.9 Å². The van der Waals surface area contributed by atoms with Crippen molar-refractivity contribution < 1.29 is 28.7 Å². The van der Waals surface area contributed by atoms with E-state index >= 15 is 0 Å². The van der Waals surface area contributed by atoms with Crippen molar-refractivity contribution in [2.24, 2.45) is 0 Å². The maximum Gasteiger partial charge on any atom is 0.335 e. The topological polar surface area (TPSA) is 117 Å². The van der Waals surface area contributed by atoms with E-state index in [1.165, 1.54) is 18.2 Å². The molecule has 4 amide bonds. The zero-order valence-corrected chi connectivity index (χ0v) is 17.3. The molecular weight excluding hydrogens is 468 g/mol. The second-order valence-corrected chi connectivity index (χ2v) is 7.43. The molecule has 1 saturated heterocycles. The molecule has 2 heterocycles. The number of hydrogen-bond acceptors (Lipinski definition) is 5. The number of halogens is 1. The summed E-state index contributed by atoms with van der Waals surface area (Å²) in [6.07, 6.45) is 1.26. The molecule has 2 aromatic carbocycles. The highest BCUT2D eigenvalue weighted by molar-refractivity contribution is 9.10. The van der Waals surface area contributed by atoms with Gasteiger partial charge in [0.2, 0.25) is 0 Å². The normalized spacial score (nSPS) is 15.3. The smallest absolute Gasteiger partial charge is 0.335 e. The van der Waals surface area contributed by atoms with E-state index < -0.39 is 23.8 Å². The Balaban J connectivity index is 1.63. The molecule has 0 radical (unpaired) electrons. The molecular formula is C22H13BrN2O6. The fraction of sp³-hybridized carbons (Fsp3) is 0. The van der Waals surface area contributed by atoms with Crippen LogP contribution in [0, 0.1) is 0 Å². The van der Waals surface area contributed by atoms with E-state index in [0.717, 1.165) is 9.37 Å². The highest BCUT2D eigenvalue weighted by Crippen LogP contribution is 2.26. The Labute approximate surface area is 183 Å². The third kappa shape index (κ3) is 4.03. The average molecular weight is 481 g/mol. The molecule has 0 bridgehead atoms. The van der Waals surface area contributed by atoms with E-state index in [1.807, 2.05) is 0 Å². The fourth-order valence-corrected chi connectivity index (χ4v) is 3.25. The van der Waals surface area contributed by atoms with Gasteiger partial charge in [0.15, 0.2) is 0 Å². The van der Waals surface area contributed by atoms with Gasteiger partial charge in [-0.1, -0.05) is 28.1 Å². The summed E-state index contributed by atoms with van der Waals surface area (Å²) in [6.45, 7) is 0. The molecule has 8 nitrogen and oxygen atoms in total. The van der Waals surface area contributed by atoms with Gasteiger partial charge >= 0.3 is 12.0 Å². The maximum absolute atomic E-state index is 12.9. The molecule has 1 aliphatic heterocycles. The van der Waals surface area contributed by atoms with Crippen LogP contribution in [-0.4, -0.2) is 28.9 Å². The summed E-state index contributed by atoms with van der Waals surface area (Å²) in [5, 5.41) is 11.1. The number of nitrogens with one attached hydrogen (secondary N) is 1. The van der Waals surface area contributed by atoms with Crippen LogP contribution in [0.4, 0.5) is 10.5 Å². The number of furan rings is 1. The molecule has 0 saturated carbocycles. The first-order valence-corrected chi connectivity index (χ1v) is 9.73. The van der Waals surface area contributed by atoms with Crippen LogP contribution in [0.1, 0.15) is 16.1 Å². The van der Waals surface area contributed by atoms with Crippen molar-refractivity contribution in [2.45, 2.75) is 0 Å².